The van der Waals surface area contributed by atoms with Crippen molar-refractivity contribution >= 4 is 23.6 Å². The van der Waals surface area contributed by atoms with Gasteiger partial charge >= 0.3 is 0 Å². The molecule has 1 atom stereocenters. The van der Waals surface area contributed by atoms with Gasteiger partial charge < -0.3 is 4.74 Å². The molecular weight excluding hydrogens is 444 g/mol. The molecule has 2 heterocycles. The summed E-state index contributed by atoms with van der Waals surface area (Å²) in [6, 6.07) is 23.2. The second-order valence-electron chi connectivity index (χ2n) is 8.73. The number of hydrogen-bond donors (Lipinski definition) is 0. The van der Waals surface area contributed by atoms with Crippen LogP contribution in [0.1, 0.15) is 53.4 Å². The van der Waals surface area contributed by atoms with Crippen molar-refractivity contribution in [3.05, 3.63) is 107 Å². The molecular formula is C28H24N2O5. The van der Waals surface area contributed by atoms with Gasteiger partial charge in [0.2, 0.25) is 0 Å². The predicted molar refractivity (Wildman–Crippen MR) is 128 cm³/mol. The highest BCUT2D eigenvalue weighted by molar-refractivity contribution is 6.22. The maximum atomic E-state index is 12.9. The monoisotopic (exact) mass is 468 g/mol. The summed E-state index contributed by atoms with van der Waals surface area (Å²) in [5.74, 6) is -1.57. The summed E-state index contributed by atoms with van der Waals surface area (Å²) in [5, 5.41) is 0. The van der Waals surface area contributed by atoms with Gasteiger partial charge in [-0.3, -0.25) is 29.0 Å². The first-order chi connectivity index (χ1) is 17.0. The van der Waals surface area contributed by atoms with E-state index in [1.54, 1.807) is 48.5 Å². The lowest BCUT2D eigenvalue weighted by Gasteiger charge is -2.24. The van der Waals surface area contributed by atoms with Gasteiger partial charge in [-0.25, -0.2) is 0 Å². The third-order valence-corrected chi connectivity index (χ3v) is 6.42. The SMILES string of the molecule is O=C1c2ccccc2C(=O)N1CCC(COCc1ccccc1)CN1C(=O)c2ccccc2C1=O. The highest BCUT2D eigenvalue weighted by atomic mass is 16.5. The van der Waals surface area contributed by atoms with Gasteiger partial charge in [0.15, 0.2) is 0 Å². The van der Waals surface area contributed by atoms with Gasteiger partial charge in [-0.1, -0.05) is 54.6 Å². The van der Waals surface area contributed by atoms with Crippen LogP contribution in [0.25, 0.3) is 0 Å². The van der Waals surface area contributed by atoms with Crippen molar-refractivity contribution in [2.45, 2.75) is 13.0 Å². The quantitative estimate of drug-likeness (QED) is 0.446. The number of rotatable bonds is 9. The van der Waals surface area contributed by atoms with E-state index in [0.717, 1.165) is 5.56 Å². The van der Waals surface area contributed by atoms with E-state index in [1.807, 2.05) is 30.3 Å². The van der Waals surface area contributed by atoms with Crippen molar-refractivity contribution in [1.29, 1.82) is 0 Å². The van der Waals surface area contributed by atoms with Gasteiger partial charge in [0, 0.05) is 19.0 Å². The first-order valence-corrected chi connectivity index (χ1v) is 11.6. The molecule has 176 valence electrons. The summed E-state index contributed by atoms with van der Waals surface area (Å²) in [6.07, 6.45) is 0.396. The fourth-order valence-electron chi connectivity index (χ4n) is 4.56. The molecule has 3 aromatic rings. The maximum absolute atomic E-state index is 12.9. The second kappa shape index (κ2) is 9.64. The van der Waals surface area contributed by atoms with E-state index in [0.29, 0.717) is 35.3 Å². The minimum atomic E-state index is -0.334. The number of carbonyl (C=O) groups excluding carboxylic acids is 4. The summed E-state index contributed by atoms with van der Waals surface area (Å²) in [4.78, 5) is 53.8. The van der Waals surface area contributed by atoms with Crippen molar-refractivity contribution in [2.75, 3.05) is 19.7 Å². The van der Waals surface area contributed by atoms with Crippen molar-refractivity contribution in [3.63, 3.8) is 0 Å². The van der Waals surface area contributed by atoms with Crippen LogP contribution in [0.5, 0.6) is 0 Å². The standard InChI is InChI=1S/C28H24N2O5/c31-25-21-10-4-5-11-22(21)26(32)29(25)15-14-20(18-35-17-19-8-2-1-3-9-19)16-30-27(33)23-12-6-7-13-24(23)28(30)34/h1-13,20H,14-18H2. The molecule has 7 nitrogen and oxygen atoms in total. The van der Waals surface area contributed by atoms with Crippen molar-refractivity contribution < 1.29 is 23.9 Å². The molecule has 5 rings (SSSR count). The summed E-state index contributed by atoms with van der Waals surface area (Å²) in [7, 11) is 0. The molecule has 0 saturated heterocycles. The summed E-state index contributed by atoms with van der Waals surface area (Å²) >= 11 is 0. The van der Waals surface area contributed by atoms with Crippen molar-refractivity contribution in [3.8, 4) is 0 Å². The van der Waals surface area contributed by atoms with Gasteiger partial charge in [-0.15, -0.1) is 0 Å². The van der Waals surface area contributed by atoms with Gasteiger partial charge in [0.25, 0.3) is 23.6 Å². The molecule has 7 heteroatoms. The highest BCUT2D eigenvalue weighted by Crippen LogP contribution is 2.26. The summed E-state index contributed by atoms with van der Waals surface area (Å²) < 4.78 is 5.93. The summed E-state index contributed by atoms with van der Waals surface area (Å²) in [6.45, 7) is 0.969. The minimum Gasteiger partial charge on any atom is -0.376 e. The molecule has 2 aliphatic rings. The number of ether oxygens (including phenoxy) is 1. The summed E-state index contributed by atoms with van der Waals surface area (Å²) in [5.41, 5.74) is 2.58. The normalized spacial score (nSPS) is 15.5. The number of carbonyl (C=O) groups is 4. The Labute approximate surface area is 202 Å². The fraction of sp³-hybridized carbons (Fsp3) is 0.214. The molecule has 0 aliphatic carbocycles. The Hall–Kier alpha value is -4.10. The molecule has 0 spiro atoms. The number of hydrogen-bond acceptors (Lipinski definition) is 5. The zero-order valence-corrected chi connectivity index (χ0v) is 19.1. The second-order valence-corrected chi connectivity index (χ2v) is 8.73. The third kappa shape index (κ3) is 4.38. The van der Waals surface area contributed by atoms with Crippen LogP contribution in [-0.4, -0.2) is 53.1 Å². The highest BCUT2D eigenvalue weighted by Gasteiger charge is 2.38. The zero-order valence-electron chi connectivity index (χ0n) is 19.1. The lowest BCUT2D eigenvalue weighted by Crippen LogP contribution is -2.38. The Kier molecular flexibility index (Phi) is 6.25. The first kappa shape index (κ1) is 22.7. The Morgan fingerprint density at radius 2 is 1.06 bits per heavy atom. The Morgan fingerprint density at radius 3 is 1.57 bits per heavy atom. The largest absolute Gasteiger partial charge is 0.376 e. The lowest BCUT2D eigenvalue weighted by molar-refractivity contribution is 0.0452. The zero-order chi connectivity index (χ0) is 24.4. The van der Waals surface area contributed by atoms with Crippen LogP contribution in [0, 0.1) is 5.92 Å². The van der Waals surface area contributed by atoms with Gasteiger partial charge in [0.1, 0.15) is 0 Å². The van der Waals surface area contributed by atoms with Gasteiger partial charge in [0.05, 0.1) is 35.5 Å². The topological polar surface area (TPSA) is 84.0 Å². The third-order valence-electron chi connectivity index (χ3n) is 6.42. The van der Waals surface area contributed by atoms with E-state index in [4.69, 9.17) is 4.74 Å². The average Bonchev–Trinajstić information content (AvgIpc) is 3.28. The van der Waals surface area contributed by atoms with E-state index in [-0.39, 0.29) is 49.2 Å². The molecule has 0 fully saturated rings. The first-order valence-electron chi connectivity index (χ1n) is 11.6. The van der Waals surface area contributed by atoms with Gasteiger partial charge in [-0.2, -0.15) is 0 Å². The lowest BCUT2D eigenvalue weighted by atomic mass is 10.1. The number of fused-ring (bicyclic) bond motifs is 2. The molecule has 0 saturated carbocycles. The van der Waals surface area contributed by atoms with Crippen LogP contribution in [0.15, 0.2) is 78.9 Å². The van der Waals surface area contributed by atoms with Gasteiger partial charge in [-0.05, 0) is 36.2 Å². The number of amides is 4. The fourth-order valence-corrected chi connectivity index (χ4v) is 4.56. The van der Waals surface area contributed by atoms with Crippen LogP contribution >= 0.6 is 0 Å². The Morgan fingerprint density at radius 1 is 0.600 bits per heavy atom. The Bertz CT molecular complexity index is 1230. The molecule has 2 aliphatic heterocycles. The smallest absolute Gasteiger partial charge is 0.261 e. The van der Waals surface area contributed by atoms with Crippen molar-refractivity contribution in [1.82, 2.24) is 9.80 Å². The van der Waals surface area contributed by atoms with Crippen molar-refractivity contribution in [2.24, 2.45) is 5.92 Å². The molecule has 4 amide bonds. The molecule has 0 radical (unpaired) electrons. The predicted octanol–water partition coefficient (Wildman–Crippen LogP) is 3.80. The molecule has 0 bridgehead atoms. The van der Waals surface area contributed by atoms with E-state index in [9.17, 15) is 19.2 Å². The maximum Gasteiger partial charge on any atom is 0.261 e. The van der Waals surface area contributed by atoms with Crippen LogP contribution in [-0.2, 0) is 11.3 Å². The molecule has 0 aromatic heterocycles. The van der Waals surface area contributed by atoms with Crippen LogP contribution in [0.2, 0.25) is 0 Å². The van der Waals surface area contributed by atoms with Crippen LogP contribution in [0.3, 0.4) is 0 Å². The van der Waals surface area contributed by atoms with E-state index >= 15 is 0 Å². The van der Waals surface area contributed by atoms with Crippen LogP contribution in [0.4, 0.5) is 0 Å². The molecule has 0 N–H and O–H groups in total. The van der Waals surface area contributed by atoms with E-state index in [1.165, 1.54) is 9.80 Å². The minimum absolute atomic E-state index is 0.143. The average molecular weight is 469 g/mol. The number of benzene rings is 3. The number of imide groups is 2. The molecule has 1 unspecified atom stereocenters. The number of nitrogens with zero attached hydrogens (tertiary/aromatic N) is 2. The molecule has 3 aromatic carbocycles. The molecule has 35 heavy (non-hydrogen) atoms. The Balaban J connectivity index is 1.29. The van der Waals surface area contributed by atoms with Crippen LogP contribution < -0.4 is 0 Å². The van der Waals surface area contributed by atoms with E-state index < -0.39 is 0 Å². The van der Waals surface area contributed by atoms with E-state index in [2.05, 4.69) is 0 Å².